The third kappa shape index (κ3) is 3.85. The van der Waals surface area contributed by atoms with Gasteiger partial charge in [0.2, 0.25) is 11.8 Å². The highest BCUT2D eigenvalue weighted by molar-refractivity contribution is 5.92. The summed E-state index contributed by atoms with van der Waals surface area (Å²) in [6, 6.07) is -1.72. The first-order valence-corrected chi connectivity index (χ1v) is 8.39. The topological polar surface area (TPSA) is 124 Å². The quantitative estimate of drug-likeness (QED) is 0.668. The summed E-state index contributed by atoms with van der Waals surface area (Å²) in [5.74, 6) is -4.26. The SMILES string of the molecule is C[C@H](NC(=O)[C@@H]1CCCC[C@@H]1C(=O)O)C(=O)N1CCC[C@H]1C(=O)O. The number of carboxylic acid groups (broad SMARTS) is 2. The molecule has 0 aromatic carbocycles. The average molecular weight is 340 g/mol. The van der Waals surface area contributed by atoms with Gasteiger partial charge in [-0.25, -0.2) is 4.79 Å². The molecule has 24 heavy (non-hydrogen) atoms. The number of hydrogen-bond donors (Lipinski definition) is 3. The Morgan fingerprint density at radius 2 is 1.58 bits per heavy atom. The van der Waals surface area contributed by atoms with Crippen LogP contribution < -0.4 is 5.32 Å². The third-order valence-electron chi connectivity index (χ3n) is 4.97. The van der Waals surface area contributed by atoms with Crippen LogP contribution in [0, 0.1) is 11.8 Å². The molecule has 8 nitrogen and oxygen atoms in total. The lowest BCUT2D eigenvalue weighted by Gasteiger charge is -2.30. The predicted molar refractivity (Wildman–Crippen MR) is 83.1 cm³/mol. The lowest BCUT2D eigenvalue weighted by atomic mass is 9.78. The van der Waals surface area contributed by atoms with Crippen LogP contribution in [0.5, 0.6) is 0 Å². The zero-order chi connectivity index (χ0) is 17.9. The monoisotopic (exact) mass is 340 g/mol. The van der Waals surface area contributed by atoms with Crippen molar-refractivity contribution in [1.82, 2.24) is 10.2 Å². The van der Waals surface area contributed by atoms with E-state index in [1.165, 1.54) is 11.8 Å². The Morgan fingerprint density at radius 1 is 0.958 bits per heavy atom. The lowest BCUT2D eigenvalue weighted by molar-refractivity contribution is -0.151. The van der Waals surface area contributed by atoms with Gasteiger partial charge in [-0.05, 0) is 32.6 Å². The summed E-state index contributed by atoms with van der Waals surface area (Å²) in [5, 5.41) is 21.0. The first-order chi connectivity index (χ1) is 11.3. The fourth-order valence-corrected chi connectivity index (χ4v) is 3.66. The fourth-order valence-electron chi connectivity index (χ4n) is 3.66. The number of rotatable bonds is 5. The number of carbonyl (C=O) groups excluding carboxylic acids is 2. The standard InChI is InChI=1S/C16H24N2O6/c1-9(14(20)18-8-4-7-12(18)16(23)24)17-13(19)10-5-2-3-6-11(10)15(21)22/h9-12H,2-8H2,1H3,(H,17,19)(H,21,22)(H,23,24)/t9-,10+,11-,12-/m0/s1. The maximum Gasteiger partial charge on any atom is 0.326 e. The highest BCUT2D eigenvalue weighted by Gasteiger charge is 2.39. The molecule has 1 saturated heterocycles. The minimum absolute atomic E-state index is 0.358. The minimum Gasteiger partial charge on any atom is -0.481 e. The summed E-state index contributed by atoms with van der Waals surface area (Å²) in [5.41, 5.74) is 0. The minimum atomic E-state index is -1.04. The van der Waals surface area contributed by atoms with Gasteiger partial charge >= 0.3 is 11.9 Å². The van der Waals surface area contributed by atoms with E-state index in [4.69, 9.17) is 5.11 Å². The Kier molecular flexibility index (Phi) is 5.80. The van der Waals surface area contributed by atoms with E-state index >= 15 is 0 Å². The molecule has 8 heteroatoms. The van der Waals surface area contributed by atoms with E-state index < -0.39 is 47.7 Å². The molecular weight excluding hydrogens is 316 g/mol. The smallest absolute Gasteiger partial charge is 0.326 e. The number of carbonyl (C=O) groups is 4. The van der Waals surface area contributed by atoms with Gasteiger partial charge in [-0.15, -0.1) is 0 Å². The maximum absolute atomic E-state index is 12.4. The van der Waals surface area contributed by atoms with Gasteiger partial charge in [0.25, 0.3) is 0 Å². The Hall–Kier alpha value is -2.12. The molecule has 0 radical (unpaired) electrons. The molecule has 0 bridgehead atoms. The molecule has 1 saturated carbocycles. The van der Waals surface area contributed by atoms with Crippen molar-refractivity contribution < 1.29 is 29.4 Å². The zero-order valence-corrected chi connectivity index (χ0v) is 13.7. The van der Waals surface area contributed by atoms with E-state index in [1.54, 1.807) is 0 Å². The number of likely N-dealkylation sites (tertiary alicyclic amines) is 1. The third-order valence-corrected chi connectivity index (χ3v) is 4.97. The van der Waals surface area contributed by atoms with Gasteiger partial charge in [0.1, 0.15) is 12.1 Å². The predicted octanol–water partition coefficient (Wildman–Crippen LogP) is 0.458. The summed E-state index contributed by atoms with van der Waals surface area (Å²) >= 11 is 0. The van der Waals surface area contributed by atoms with Crippen LogP contribution in [0.2, 0.25) is 0 Å². The van der Waals surface area contributed by atoms with E-state index in [1.807, 2.05) is 0 Å². The van der Waals surface area contributed by atoms with Gasteiger partial charge in [-0.3, -0.25) is 14.4 Å². The average Bonchev–Trinajstić information content (AvgIpc) is 3.03. The highest BCUT2D eigenvalue weighted by atomic mass is 16.4. The Morgan fingerprint density at radius 3 is 2.17 bits per heavy atom. The molecule has 1 aliphatic heterocycles. The largest absolute Gasteiger partial charge is 0.481 e. The van der Waals surface area contributed by atoms with E-state index in [-0.39, 0.29) is 0 Å². The van der Waals surface area contributed by atoms with Crippen LogP contribution in [0.15, 0.2) is 0 Å². The lowest BCUT2D eigenvalue weighted by Crippen LogP contribution is -2.52. The van der Waals surface area contributed by atoms with Crippen molar-refractivity contribution >= 4 is 23.8 Å². The first-order valence-electron chi connectivity index (χ1n) is 8.39. The van der Waals surface area contributed by atoms with Crippen molar-refractivity contribution in [3.8, 4) is 0 Å². The highest BCUT2D eigenvalue weighted by Crippen LogP contribution is 2.30. The molecule has 1 heterocycles. The summed E-state index contributed by atoms with van der Waals surface area (Å²) in [4.78, 5) is 48.6. The molecule has 3 N–H and O–H groups in total. The molecule has 134 valence electrons. The molecule has 1 aliphatic carbocycles. The Labute approximate surface area is 140 Å². The maximum atomic E-state index is 12.4. The number of aliphatic carboxylic acids is 2. The van der Waals surface area contributed by atoms with E-state index in [2.05, 4.69) is 5.32 Å². The van der Waals surface area contributed by atoms with Crippen LogP contribution >= 0.6 is 0 Å². The van der Waals surface area contributed by atoms with Crippen LogP contribution in [-0.2, 0) is 19.2 Å². The van der Waals surface area contributed by atoms with Crippen LogP contribution in [0.25, 0.3) is 0 Å². The van der Waals surface area contributed by atoms with Crippen LogP contribution in [-0.4, -0.2) is 57.5 Å². The number of amides is 2. The number of hydrogen-bond acceptors (Lipinski definition) is 4. The second-order valence-electron chi connectivity index (χ2n) is 6.59. The zero-order valence-electron chi connectivity index (χ0n) is 13.7. The molecular formula is C16H24N2O6. The first kappa shape index (κ1) is 18.2. The summed E-state index contributed by atoms with van der Waals surface area (Å²) in [6.07, 6.45) is 3.55. The van der Waals surface area contributed by atoms with Crippen LogP contribution in [0.3, 0.4) is 0 Å². The molecule has 0 aromatic rings. The molecule has 0 spiro atoms. The van der Waals surface area contributed by atoms with Gasteiger partial charge in [0.15, 0.2) is 0 Å². The number of carboxylic acids is 2. The van der Waals surface area contributed by atoms with Crippen molar-refractivity contribution in [2.45, 2.75) is 57.5 Å². The van der Waals surface area contributed by atoms with E-state index in [0.717, 1.165) is 12.8 Å². The van der Waals surface area contributed by atoms with Gasteiger partial charge in [-0.1, -0.05) is 12.8 Å². The second-order valence-corrected chi connectivity index (χ2v) is 6.59. The number of nitrogens with zero attached hydrogens (tertiary/aromatic N) is 1. The van der Waals surface area contributed by atoms with Crippen LogP contribution in [0.4, 0.5) is 0 Å². The van der Waals surface area contributed by atoms with Gasteiger partial charge in [0, 0.05) is 6.54 Å². The molecule has 2 rings (SSSR count). The van der Waals surface area contributed by atoms with Crippen molar-refractivity contribution in [3.63, 3.8) is 0 Å². The van der Waals surface area contributed by atoms with Crippen molar-refractivity contribution in [1.29, 1.82) is 0 Å². The van der Waals surface area contributed by atoms with Gasteiger partial charge in [0.05, 0.1) is 11.8 Å². The normalized spacial score (nSPS) is 28.2. The van der Waals surface area contributed by atoms with Gasteiger partial charge < -0.3 is 20.4 Å². The molecule has 2 aliphatic rings. The van der Waals surface area contributed by atoms with Crippen molar-refractivity contribution in [3.05, 3.63) is 0 Å². The van der Waals surface area contributed by atoms with Crippen molar-refractivity contribution in [2.75, 3.05) is 6.54 Å². The van der Waals surface area contributed by atoms with E-state index in [9.17, 15) is 24.3 Å². The fraction of sp³-hybridized carbons (Fsp3) is 0.750. The Balaban J connectivity index is 1.98. The molecule has 4 atom stereocenters. The summed E-state index contributed by atoms with van der Waals surface area (Å²) < 4.78 is 0. The summed E-state index contributed by atoms with van der Waals surface area (Å²) in [7, 11) is 0. The molecule has 0 aromatic heterocycles. The molecule has 2 amide bonds. The number of nitrogens with one attached hydrogen (secondary N) is 1. The van der Waals surface area contributed by atoms with E-state index in [0.29, 0.717) is 32.2 Å². The summed E-state index contributed by atoms with van der Waals surface area (Å²) in [6.45, 7) is 1.87. The molecule has 0 unspecified atom stereocenters. The van der Waals surface area contributed by atoms with Crippen LogP contribution in [0.1, 0.15) is 45.4 Å². The Bertz CT molecular complexity index is 535. The van der Waals surface area contributed by atoms with Gasteiger partial charge in [-0.2, -0.15) is 0 Å². The van der Waals surface area contributed by atoms with Crippen molar-refractivity contribution in [2.24, 2.45) is 11.8 Å². The molecule has 2 fully saturated rings. The second kappa shape index (κ2) is 7.63.